The molecule has 2 atom stereocenters. The second kappa shape index (κ2) is 6.43. The van der Waals surface area contributed by atoms with Gasteiger partial charge in [-0.25, -0.2) is 13.6 Å². The minimum Gasteiger partial charge on any atom is -0.328 e. The number of amides is 1. The highest BCUT2D eigenvalue weighted by molar-refractivity contribution is 9.10. The molecule has 2 unspecified atom stereocenters. The van der Waals surface area contributed by atoms with Crippen molar-refractivity contribution in [3.05, 3.63) is 22.7 Å². The molecule has 116 valence electrons. The van der Waals surface area contributed by atoms with E-state index >= 15 is 0 Å². The first-order valence-electron chi connectivity index (χ1n) is 6.66. The Bertz CT molecular complexity index is 648. The zero-order valence-electron chi connectivity index (χ0n) is 11.4. The molecule has 6 nitrogen and oxygen atoms in total. The zero-order chi connectivity index (χ0) is 15.6. The summed E-state index contributed by atoms with van der Waals surface area (Å²) in [6, 6.07) is 4.33. The standard InChI is InChI=1S/C13H18BrN3O3S/c14-11-7-10(21(16,19)20)4-5-12(11)17-13(18)8-2-1-3-9(15)6-8/h4-5,7-9H,1-3,6,15H2,(H,17,18)(H2,16,19,20). The lowest BCUT2D eigenvalue weighted by molar-refractivity contribution is -0.120. The van der Waals surface area contributed by atoms with Crippen LogP contribution in [-0.4, -0.2) is 20.4 Å². The lowest BCUT2D eigenvalue weighted by Crippen LogP contribution is -2.34. The quantitative estimate of drug-likeness (QED) is 0.742. The molecule has 5 N–H and O–H groups in total. The summed E-state index contributed by atoms with van der Waals surface area (Å²) in [6.07, 6.45) is 3.41. The Morgan fingerprint density at radius 1 is 1.33 bits per heavy atom. The first-order valence-corrected chi connectivity index (χ1v) is 9.00. The Labute approximate surface area is 132 Å². The van der Waals surface area contributed by atoms with E-state index in [0.717, 1.165) is 19.3 Å². The average molecular weight is 376 g/mol. The molecule has 1 aliphatic carbocycles. The van der Waals surface area contributed by atoms with E-state index in [0.29, 0.717) is 16.6 Å². The van der Waals surface area contributed by atoms with Crippen molar-refractivity contribution in [2.24, 2.45) is 16.8 Å². The predicted molar refractivity (Wildman–Crippen MR) is 84.1 cm³/mol. The van der Waals surface area contributed by atoms with E-state index in [9.17, 15) is 13.2 Å². The third kappa shape index (κ3) is 4.26. The maximum Gasteiger partial charge on any atom is 0.238 e. The maximum atomic E-state index is 12.2. The number of primary sulfonamides is 1. The van der Waals surface area contributed by atoms with Crippen LogP contribution in [0.5, 0.6) is 0 Å². The highest BCUT2D eigenvalue weighted by Gasteiger charge is 2.25. The van der Waals surface area contributed by atoms with E-state index in [-0.39, 0.29) is 22.8 Å². The van der Waals surface area contributed by atoms with Crippen LogP contribution < -0.4 is 16.2 Å². The number of benzene rings is 1. The molecule has 0 saturated heterocycles. The molecule has 8 heteroatoms. The lowest BCUT2D eigenvalue weighted by atomic mass is 9.85. The van der Waals surface area contributed by atoms with E-state index in [1.165, 1.54) is 18.2 Å². The highest BCUT2D eigenvalue weighted by atomic mass is 79.9. The van der Waals surface area contributed by atoms with Crippen molar-refractivity contribution in [2.45, 2.75) is 36.6 Å². The largest absolute Gasteiger partial charge is 0.328 e. The molecule has 0 aromatic heterocycles. The molecule has 1 aromatic rings. The van der Waals surface area contributed by atoms with Crippen molar-refractivity contribution in [3.63, 3.8) is 0 Å². The first-order chi connectivity index (χ1) is 9.77. The number of carbonyl (C=O) groups excluding carboxylic acids is 1. The van der Waals surface area contributed by atoms with Crippen LogP contribution in [0.4, 0.5) is 5.69 Å². The summed E-state index contributed by atoms with van der Waals surface area (Å²) in [5, 5.41) is 7.86. The number of anilines is 1. The van der Waals surface area contributed by atoms with Gasteiger partial charge < -0.3 is 11.1 Å². The maximum absolute atomic E-state index is 12.2. The smallest absolute Gasteiger partial charge is 0.238 e. The summed E-state index contributed by atoms with van der Waals surface area (Å²) in [5.74, 6) is -0.187. The topological polar surface area (TPSA) is 115 Å². The highest BCUT2D eigenvalue weighted by Crippen LogP contribution is 2.28. The van der Waals surface area contributed by atoms with E-state index in [1.807, 2.05) is 0 Å². The Kier molecular flexibility index (Phi) is 5.03. The summed E-state index contributed by atoms with van der Waals surface area (Å²) in [4.78, 5) is 12.2. The summed E-state index contributed by atoms with van der Waals surface area (Å²) in [5.41, 5.74) is 6.40. The van der Waals surface area contributed by atoms with E-state index in [4.69, 9.17) is 10.9 Å². The molecule has 0 heterocycles. The number of halogens is 1. The molecule has 1 amide bonds. The van der Waals surface area contributed by atoms with Crippen LogP contribution in [0.15, 0.2) is 27.6 Å². The Morgan fingerprint density at radius 2 is 2.05 bits per heavy atom. The van der Waals surface area contributed by atoms with Crippen LogP contribution in [0.1, 0.15) is 25.7 Å². The van der Waals surface area contributed by atoms with Crippen molar-refractivity contribution in [1.82, 2.24) is 0 Å². The average Bonchev–Trinajstić information content (AvgIpc) is 2.39. The number of hydrogen-bond acceptors (Lipinski definition) is 4. The number of nitrogens with one attached hydrogen (secondary N) is 1. The predicted octanol–water partition coefficient (Wildman–Crippen LogP) is 1.55. The third-order valence-corrected chi connectivity index (χ3v) is 5.18. The van der Waals surface area contributed by atoms with Crippen molar-refractivity contribution >= 4 is 37.5 Å². The van der Waals surface area contributed by atoms with Crippen LogP contribution in [0.25, 0.3) is 0 Å². The second-order valence-electron chi connectivity index (χ2n) is 5.30. The normalized spacial score (nSPS) is 22.8. The fourth-order valence-corrected chi connectivity index (χ4v) is 3.64. The van der Waals surface area contributed by atoms with Crippen LogP contribution in [0.2, 0.25) is 0 Å². The molecular weight excluding hydrogens is 358 g/mol. The number of carbonyl (C=O) groups is 1. The van der Waals surface area contributed by atoms with Gasteiger partial charge in [0.15, 0.2) is 0 Å². The molecule has 1 aliphatic rings. The van der Waals surface area contributed by atoms with Gasteiger partial charge in [0.05, 0.1) is 10.6 Å². The molecule has 1 saturated carbocycles. The number of sulfonamides is 1. The monoisotopic (exact) mass is 375 g/mol. The van der Waals surface area contributed by atoms with Crippen molar-refractivity contribution in [3.8, 4) is 0 Å². The minimum absolute atomic E-state index is 0.00735. The van der Waals surface area contributed by atoms with E-state index < -0.39 is 10.0 Å². The first kappa shape index (κ1) is 16.4. The van der Waals surface area contributed by atoms with E-state index in [2.05, 4.69) is 21.2 Å². The summed E-state index contributed by atoms with van der Waals surface area (Å²) in [6.45, 7) is 0. The molecule has 0 bridgehead atoms. The summed E-state index contributed by atoms with van der Waals surface area (Å²) >= 11 is 3.24. The van der Waals surface area contributed by atoms with Crippen LogP contribution in [-0.2, 0) is 14.8 Å². The third-order valence-electron chi connectivity index (χ3n) is 3.61. The van der Waals surface area contributed by atoms with Crippen LogP contribution in [0.3, 0.4) is 0 Å². The van der Waals surface area contributed by atoms with Gasteiger partial charge in [0, 0.05) is 16.4 Å². The fraction of sp³-hybridized carbons (Fsp3) is 0.462. The Morgan fingerprint density at radius 3 is 2.62 bits per heavy atom. The zero-order valence-corrected chi connectivity index (χ0v) is 13.8. The van der Waals surface area contributed by atoms with Gasteiger partial charge in [-0.3, -0.25) is 4.79 Å². The molecule has 1 aromatic carbocycles. The minimum atomic E-state index is -3.76. The molecule has 1 fully saturated rings. The van der Waals surface area contributed by atoms with Crippen molar-refractivity contribution < 1.29 is 13.2 Å². The molecule has 0 spiro atoms. The SMILES string of the molecule is NC1CCCC(C(=O)Nc2ccc(S(N)(=O)=O)cc2Br)C1. The molecule has 0 aliphatic heterocycles. The van der Waals surface area contributed by atoms with Gasteiger partial charge in [-0.1, -0.05) is 6.42 Å². The second-order valence-corrected chi connectivity index (χ2v) is 7.72. The van der Waals surface area contributed by atoms with Gasteiger partial charge in [-0.05, 0) is 53.4 Å². The van der Waals surface area contributed by atoms with Gasteiger partial charge in [-0.15, -0.1) is 0 Å². The van der Waals surface area contributed by atoms with Gasteiger partial charge in [0.2, 0.25) is 15.9 Å². The number of hydrogen-bond donors (Lipinski definition) is 3. The van der Waals surface area contributed by atoms with Crippen LogP contribution >= 0.6 is 15.9 Å². The number of rotatable bonds is 3. The van der Waals surface area contributed by atoms with Gasteiger partial charge in [-0.2, -0.15) is 0 Å². The van der Waals surface area contributed by atoms with Crippen molar-refractivity contribution in [2.75, 3.05) is 5.32 Å². The summed E-state index contributed by atoms with van der Waals surface area (Å²) in [7, 11) is -3.76. The molecule has 21 heavy (non-hydrogen) atoms. The van der Waals surface area contributed by atoms with Gasteiger partial charge >= 0.3 is 0 Å². The van der Waals surface area contributed by atoms with Gasteiger partial charge in [0.25, 0.3) is 0 Å². The number of nitrogens with two attached hydrogens (primary N) is 2. The molecular formula is C13H18BrN3O3S. The van der Waals surface area contributed by atoms with Gasteiger partial charge in [0.1, 0.15) is 0 Å². The van der Waals surface area contributed by atoms with Crippen LogP contribution in [0, 0.1) is 5.92 Å². The Balaban J connectivity index is 2.11. The molecule has 0 radical (unpaired) electrons. The lowest BCUT2D eigenvalue weighted by Gasteiger charge is -2.25. The molecule has 2 rings (SSSR count). The van der Waals surface area contributed by atoms with Crippen molar-refractivity contribution in [1.29, 1.82) is 0 Å². The van der Waals surface area contributed by atoms with E-state index in [1.54, 1.807) is 0 Å². The summed E-state index contributed by atoms with van der Waals surface area (Å²) < 4.78 is 23.0. The Hall–Kier alpha value is -0.960. The fourth-order valence-electron chi connectivity index (χ4n) is 2.47.